The van der Waals surface area contributed by atoms with Crippen LogP contribution in [0.5, 0.6) is 0 Å². The first-order valence-electron chi connectivity index (χ1n) is 15.6. The largest absolute Gasteiger partial charge is 0.378 e. The van der Waals surface area contributed by atoms with Crippen molar-refractivity contribution in [1.82, 2.24) is 39.6 Å². The van der Waals surface area contributed by atoms with Gasteiger partial charge in [-0.1, -0.05) is 0 Å². The van der Waals surface area contributed by atoms with E-state index in [0.29, 0.717) is 69.3 Å². The minimum Gasteiger partial charge on any atom is -0.378 e. The maximum atomic E-state index is 14.7. The highest BCUT2D eigenvalue weighted by molar-refractivity contribution is 6.08. The number of rotatable bonds is 8. The molecular weight excluding hydrogens is 635 g/mol. The molecule has 4 aromatic rings. The molecule has 4 amide bonds. The van der Waals surface area contributed by atoms with Crippen LogP contribution in [-0.2, 0) is 16.1 Å². The van der Waals surface area contributed by atoms with E-state index < -0.39 is 29.9 Å². The number of morpholine rings is 1. The summed E-state index contributed by atoms with van der Waals surface area (Å²) in [5.41, 5.74) is 0.121. The Labute approximate surface area is 271 Å². The molecule has 3 fully saturated rings. The van der Waals surface area contributed by atoms with Crippen molar-refractivity contribution in [2.24, 2.45) is 0 Å². The minimum atomic E-state index is -2.93. The summed E-state index contributed by atoms with van der Waals surface area (Å²) in [6.45, 7) is 3.86. The number of ether oxygens (including phenoxy) is 1. The molecular formula is C30H32F3N11O4. The number of aromatic nitrogens is 6. The molecule has 252 valence electrons. The molecule has 15 nitrogen and oxygen atoms in total. The average molecular weight is 668 g/mol. The fourth-order valence-electron chi connectivity index (χ4n) is 6.13. The van der Waals surface area contributed by atoms with Crippen LogP contribution in [0.1, 0.15) is 53.3 Å². The zero-order chi connectivity index (χ0) is 33.4. The summed E-state index contributed by atoms with van der Waals surface area (Å²) in [7, 11) is 0. The predicted octanol–water partition coefficient (Wildman–Crippen LogP) is 2.77. The second-order valence-corrected chi connectivity index (χ2v) is 11.8. The van der Waals surface area contributed by atoms with Crippen molar-refractivity contribution in [3.05, 3.63) is 59.6 Å². The van der Waals surface area contributed by atoms with E-state index >= 15 is 0 Å². The van der Waals surface area contributed by atoms with Gasteiger partial charge in [-0.05, 0) is 25.0 Å². The molecule has 2 N–H and O–H groups in total. The van der Waals surface area contributed by atoms with E-state index in [1.165, 1.54) is 32.6 Å². The number of halogens is 3. The second kappa shape index (κ2) is 13.2. The van der Waals surface area contributed by atoms with Gasteiger partial charge in [-0.3, -0.25) is 29.4 Å². The first-order chi connectivity index (χ1) is 23.2. The third-order valence-electron chi connectivity index (χ3n) is 8.73. The van der Waals surface area contributed by atoms with E-state index in [1.807, 2.05) is 9.80 Å². The normalized spacial score (nSPS) is 18.2. The van der Waals surface area contributed by atoms with Gasteiger partial charge in [-0.15, -0.1) is 0 Å². The van der Waals surface area contributed by atoms with Gasteiger partial charge in [0.1, 0.15) is 23.0 Å². The van der Waals surface area contributed by atoms with Gasteiger partial charge in [0, 0.05) is 63.6 Å². The second-order valence-electron chi connectivity index (χ2n) is 11.8. The molecule has 0 unspecified atom stereocenters. The number of urea groups is 1. The molecule has 7 rings (SSSR count). The molecule has 3 aliphatic rings. The van der Waals surface area contributed by atoms with E-state index in [4.69, 9.17) is 4.74 Å². The number of nitrogens with zero attached hydrogens (tertiary/aromatic N) is 9. The van der Waals surface area contributed by atoms with Crippen LogP contribution in [0.3, 0.4) is 0 Å². The fraction of sp³-hybridized carbons (Fsp3) is 0.433. The number of carbonyl (C=O) groups is 3. The van der Waals surface area contributed by atoms with Crippen LogP contribution in [0, 0.1) is 5.82 Å². The van der Waals surface area contributed by atoms with Crippen LogP contribution < -0.4 is 20.4 Å². The topological polar surface area (TPSA) is 155 Å². The minimum absolute atomic E-state index is 0.101. The molecule has 3 saturated heterocycles. The number of hydrogen-bond donors (Lipinski definition) is 2. The third kappa shape index (κ3) is 6.40. The van der Waals surface area contributed by atoms with E-state index in [9.17, 15) is 27.6 Å². The van der Waals surface area contributed by atoms with Crippen LogP contribution in [-0.4, -0.2) is 98.0 Å². The Morgan fingerprint density at radius 3 is 2.62 bits per heavy atom. The van der Waals surface area contributed by atoms with Gasteiger partial charge in [0.05, 0.1) is 37.3 Å². The zero-order valence-electron chi connectivity index (χ0n) is 25.7. The highest BCUT2D eigenvalue weighted by Crippen LogP contribution is 2.31. The number of nitrogens with one attached hydrogen (secondary N) is 2. The molecule has 0 aliphatic carbocycles. The number of anilines is 3. The number of amides is 4. The summed E-state index contributed by atoms with van der Waals surface area (Å²) >= 11 is 0. The lowest BCUT2D eigenvalue weighted by Gasteiger charge is -2.32. The first kappa shape index (κ1) is 31.5. The molecule has 18 heteroatoms. The van der Waals surface area contributed by atoms with Crippen molar-refractivity contribution in [2.45, 2.75) is 38.3 Å². The summed E-state index contributed by atoms with van der Waals surface area (Å²) in [4.78, 5) is 51.0. The fourth-order valence-corrected chi connectivity index (χ4v) is 6.13. The molecule has 0 bridgehead atoms. The maximum absolute atomic E-state index is 14.7. The summed E-state index contributed by atoms with van der Waals surface area (Å²) < 4.78 is 51.2. The van der Waals surface area contributed by atoms with Crippen LogP contribution in [0.4, 0.5) is 35.3 Å². The van der Waals surface area contributed by atoms with Crippen molar-refractivity contribution in [1.29, 1.82) is 0 Å². The van der Waals surface area contributed by atoms with Gasteiger partial charge >= 0.3 is 6.03 Å². The van der Waals surface area contributed by atoms with Gasteiger partial charge < -0.3 is 15.0 Å². The average Bonchev–Trinajstić information content (AvgIpc) is 3.71. The number of imide groups is 1. The van der Waals surface area contributed by atoms with Gasteiger partial charge in [-0.2, -0.15) is 10.2 Å². The summed E-state index contributed by atoms with van der Waals surface area (Å²) in [5.74, 6) is -0.639. The van der Waals surface area contributed by atoms with Crippen LogP contribution in [0.25, 0.3) is 5.65 Å². The van der Waals surface area contributed by atoms with Gasteiger partial charge in [-0.25, -0.2) is 32.4 Å². The highest BCUT2D eigenvalue weighted by atomic mass is 19.3. The maximum Gasteiger partial charge on any atom is 0.329 e. The Bertz CT molecular complexity index is 1850. The summed E-state index contributed by atoms with van der Waals surface area (Å²) in [6, 6.07) is 2.45. The Balaban J connectivity index is 1.01. The molecule has 4 aromatic heterocycles. The smallest absolute Gasteiger partial charge is 0.329 e. The standard InChI is InChI=1S/C30H32F3N11O4/c31-21-15-34-24(42-7-4-25(45)38-30(42)47)13-18(21)16-40-5-1-19(2-6-40)44-17-22(26(39-44)27(32)33)36-29(46)20-14-35-43-8-3-23(37-28(20)43)41-9-11-48-12-10-41/h3,8,13-15,17,19,27H,1-2,4-7,9-12,16H2,(H,36,46)(H,38,45,47). The molecule has 0 saturated carbocycles. The number of pyridine rings is 1. The Kier molecular flexibility index (Phi) is 8.65. The van der Waals surface area contributed by atoms with Crippen molar-refractivity contribution >= 4 is 40.8 Å². The zero-order valence-corrected chi connectivity index (χ0v) is 25.7. The van der Waals surface area contributed by atoms with E-state index in [1.54, 1.807) is 12.3 Å². The SMILES string of the molecule is O=C1CCN(c2cc(CN3CCC(n4cc(NC(=O)c5cnn6ccc(N7CCOCC7)nc56)c(C(F)F)n4)CC3)c(F)cn2)C(=O)N1. The van der Waals surface area contributed by atoms with Crippen molar-refractivity contribution in [2.75, 3.05) is 61.1 Å². The molecule has 0 radical (unpaired) electrons. The predicted molar refractivity (Wildman–Crippen MR) is 164 cm³/mol. The van der Waals surface area contributed by atoms with Crippen molar-refractivity contribution in [3.63, 3.8) is 0 Å². The number of likely N-dealkylation sites (tertiary alicyclic amines) is 1. The molecule has 7 heterocycles. The number of hydrogen-bond acceptors (Lipinski definition) is 10. The quantitative estimate of drug-likeness (QED) is 0.287. The molecule has 0 spiro atoms. The number of alkyl halides is 2. The molecule has 3 aliphatic heterocycles. The number of fused-ring (bicyclic) bond motifs is 1. The lowest BCUT2D eigenvalue weighted by molar-refractivity contribution is -0.120. The number of piperidine rings is 1. The van der Waals surface area contributed by atoms with E-state index in [0.717, 1.165) is 6.20 Å². The van der Waals surface area contributed by atoms with Crippen molar-refractivity contribution in [3.8, 4) is 0 Å². The Hall–Kier alpha value is -5.10. The molecule has 48 heavy (non-hydrogen) atoms. The Morgan fingerprint density at radius 2 is 1.88 bits per heavy atom. The lowest BCUT2D eigenvalue weighted by Crippen LogP contribution is -2.50. The van der Waals surface area contributed by atoms with E-state index in [-0.39, 0.29) is 48.5 Å². The van der Waals surface area contributed by atoms with Gasteiger partial charge in [0.15, 0.2) is 11.3 Å². The summed E-state index contributed by atoms with van der Waals surface area (Å²) in [6.07, 6.45) is 3.78. The van der Waals surface area contributed by atoms with Crippen LogP contribution in [0.2, 0.25) is 0 Å². The lowest BCUT2D eigenvalue weighted by atomic mass is 10.0. The van der Waals surface area contributed by atoms with Crippen LogP contribution in [0.15, 0.2) is 36.9 Å². The van der Waals surface area contributed by atoms with Crippen LogP contribution >= 0.6 is 0 Å². The van der Waals surface area contributed by atoms with E-state index in [2.05, 4.69) is 30.8 Å². The highest BCUT2D eigenvalue weighted by Gasteiger charge is 2.29. The Morgan fingerprint density at radius 1 is 1.08 bits per heavy atom. The third-order valence-corrected chi connectivity index (χ3v) is 8.73. The van der Waals surface area contributed by atoms with Gasteiger partial charge in [0.2, 0.25) is 5.91 Å². The first-order valence-corrected chi connectivity index (χ1v) is 15.6. The van der Waals surface area contributed by atoms with Crippen molar-refractivity contribution < 1.29 is 32.3 Å². The monoisotopic (exact) mass is 667 g/mol. The summed E-state index contributed by atoms with van der Waals surface area (Å²) in [5, 5.41) is 13.2. The molecule has 0 aromatic carbocycles. The van der Waals surface area contributed by atoms with Gasteiger partial charge in [0.25, 0.3) is 12.3 Å². The molecule has 0 atom stereocenters. The number of carbonyl (C=O) groups excluding carboxylic acids is 3.